The molecule has 6 rings (SSSR count). The number of furan rings is 1. The molecule has 0 bridgehead atoms. The average molecular weight is 482 g/mol. The van der Waals surface area contributed by atoms with Crippen LogP contribution in [0.2, 0.25) is 0 Å². The van der Waals surface area contributed by atoms with E-state index in [1.165, 1.54) is 38.6 Å². The Morgan fingerprint density at radius 2 is 1.24 bits per heavy atom. The van der Waals surface area contributed by atoms with E-state index in [0.29, 0.717) is 5.92 Å². The van der Waals surface area contributed by atoms with Gasteiger partial charge in [-0.15, -0.1) is 0 Å². The van der Waals surface area contributed by atoms with E-state index >= 15 is 0 Å². The van der Waals surface area contributed by atoms with Crippen LogP contribution in [0.1, 0.15) is 30.5 Å². The van der Waals surface area contributed by atoms with Gasteiger partial charge in [0.15, 0.2) is 0 Å². The minimum absolute atomic E-state index is 0.520. The molecule has 0 saturated carbocycles. The number of hydrogen-bond acceptors (Lipinski definition) is 2. The number of hydrogen-bond donors (Lipinski definition) is 0. The molecule has 0 radical (unpaired) electrons. The molecule has 37 heavy (non-hydrogen) atoms. The summed E-state index contributed by atoms with van der Waals surface area (Å²) in [5.74, 6) is 0.520. The van der Waals surface area contributed by atoms with Gasteiger partial charge in [0, 0.05) is 34.3 Å². The number of para-hydroxylation sites is 1. The molecule has 2 heterocycles. The lowest BCUT2D eigenvalue weighted by Gasteiger charge is -2.13. The molecule has 0 N–H and O–H groups in total. The van der Waals surface area contributed by atoms with Crippen molar-refractivity contribution in [1.29, 1.82) is 0 Å². The smallest absolute Gasteiger partial charge is 0.135 e. The molecule has 0 aliphatic rings. The maximum absolute atomic E-state index is 6.01. The molecule has 0 fully saturated rings. The molecule has 6 aromatic rings. The van der Waals surface area contributed by atoms with Crippen LogP contribution in [0.3, 0.4) is 0 Å². The number of benzene rings is 4. The Labute approximate surface area is 218 Å². The first-order chi connectivity index (χ1) is 18.2. The van der Waals surface area contributed by atoms with Crippen molar-refractivity contribution >= 4 is 21.9 Å². The number of rotatable bonds is 7. The zero-order valence-electron chi connectivity index (χ0n) is 21.4. The SMILES string of the molecule is CCc1cccc(-c2cncc(-c3cccc(CC(C)Cc4ccc5oc6ccccc6c5c4)c3)c2)c1. The second-order valence-electron chi connectivity index (χ2n) is 10.2. The van der Waals surface area contributed by atoms with Gasteiger partial charge >= 0.3 is 0 Å². The molecule has 1 atom stereocenters. The Kier molecular flexibility index (Phi) is 6.32. The Bertz CT molecular complexity index is 1690. The summed E-state index contributed by atoms with van der Waals surface area (Å²) in [6.07, 6.45) is 7.03. The Morgan fingerprint density at radius 1 is 0.595 bits per heavy atom. The molecule has 1 unspecified atom stereocenters. The van der Waals surface area contributed by atoms with Crippen molar-refractivity contribution in [2.24, 2.45) is 5.92 Å². The monoisotopic (exact) mass is 481 g/mol. The van der Waals surface area contributed by atoms with E-state index in [0.717, 1.165) is 41.6 Å². The van der Waals surface area contributed by atoms with Gasteiger partial charge in [0.05, 0.1) is 0 Å². The Balaban J connectivity index is 1.20. The van der Waals surface area contributed by atoms with Crippen LogP contribution in [0.25, 0.3) is 44.2 Å². The summed E-state index contributed by atoms with van der Waals surface area (Å²) in [4.78, 5) is 4.57. The quantitative estimate of drug-likeness (QED) is 0.227. The maximum Gasteiger partial charge on any atom is 0.135 e. The van der Waals surface area contributed by atoms with Crippen LogP contribution in [0.15, 0.2) is 114 Å². The highest BCUT2D eigenvalue weighted by Crippen LogP contribution is 2.31. The standard InChI is InChI=1S/C35H31NO/c1-3-25-8-6-10-28(18-25)30-21-31(23-36-22-30)29-11-7-9-26(19-29)16-24(2)17-27-14-15-35-33(20-27)32-12-4-5-13-34(32)37-35/h4-15,18-24H,3,16-17H2,1-2H3. The molecular formula is C35H31NO. The van der Waals surface area contributed by atoms with E-state index in [9.17, 15) is 0 Å². The predicted octanol–water partition coefficient (Wildman–Crippen LogP) is 9.30. The summed E-state index contributed by atoms with van der Waals surface area (Å²) in [6.45, 7) is 4.53. The van der Waals surface area contributed by atoms with Gasteiger partial charge in [0.1, 0.15) is 11.2 Å². The fraction of sp³-hybridized carbons (Fsp3) is 0.171. The van der Waals surface area contributed by atoms with Gasteiger partial charge in [0.25, 0.3) is 0 Å². The van der Waals surface area contributed by atoms with Crippen molar-refractivity contribution in [1.82, 2.24) is 4.98 Å². The first kappa shape index (κ1) is 23.2. The van der Waals surface area contributed by atoms with Crippen LogP contribution in [0.4, 0.5) is 0 Å². The van der Waals surface area contributed by atoms with Crippen molar-refractivity contribution < 1.29 is 4.42 Å². The summed E-state index contributed by atoms with van der Waals surface area (Å²) in [5, 5.41) is 2.40. The van der Waals surface area contributed by atoms with E-state index in [-0.39, 0.29) is 0 Å². The van der Waals surface area contributed by atoms with E-state index in [1.54, 1.807) is 0 Å². The molecular weight excluding hydrogens is 450 g/mol. The highest BCUT2D eigenvalue weighted by molar-refractivity contribution is 6.04. The van der Waals surface area contributed by atoms with Gasteiger partial charge in [-0.2, -0.15) is 0 Å². The second-order valence-corrected chi connectivity index (χ2v) is 10.2. The molecule has 2 nitrogen and oxygen atoms in total. The zero-order chi connectivity index (χ0) is 25.2. The lowest BCUT2D eigenvalue weighted by Crippen LogP contribution is -2.04. The minimum atomic E-state index is 0.520. The van der Waals surface area contributed by atoms with Gasteiger partial charge in [-0.25, -0.2) is 0 Å². The molecule has 0 aliphatic heterocycles. The zero-order valence-corrected chi connectivity index (χ0v) is 21.4. The van der Waals surface area contributed by atoms with Crippen LogP contribution in [0, 0.1) is 5.92 Å². The highest BCUT2D eigenvalue weighted by atomic mass is 16.3. The van der Waals surface area contributed by atoms with Gasteiger partial charge in [-0.3, -0.25) is 4.98 Å². The van der Waals surface area contributed by atoms with Crippen LogP contribution in [0.5, 0.6) is 0 Å². The van der Waals surface area contributed by atoms with Crippen molar-refractivity contribution in [2.45, 2.75) is 33.1 Å². The fourth-order valence-corrected chi connectivity index (χ4v) is 5.38. The predicted molar refractivity (Wildman–Crippen MR) is 155 cm³/mol. The van der Waals surface area contributed by atoms with Crippen molar-refractivity contribution in [3.05, 3.63) is 126 Å². The third kappa shape index (κ3) is 4.93. The maximum atomic E-state index is 6.01. The largest absolute Gasteiger partial charge is 0.456 e. The number of nitrogens with zero attached hydrogens (tertiary/aromatic N) is 1. The molecule has 0 amide bonds. The molecule has 0 saturated heterocycles. The summed E-state index contributed by atoms with van der Waals surface area (Å²) < 4.78 is 6.01. The van der Waals surface area contributed by atoms with Crippen molar-refractivity contribution in [3.63, 3.8) is 0 Å². The lowest BCUT2D eigenvalue weighted by molar-refractivity contribution is 0.577. The minimum Gasteiger partial charge on any atom is -0.456 e. The second kappa shape index (κ2) is 10.1. The van der Waals surface area contributed by atoms with Gasteiger partial charge in [-0.1, -0.05) is 86.6 Å². The molecule has 182 valence electrons. The fourth-order valence-electron chi connectivity index (χ4n) is 5.38. The normalized spacial score (nSPS) is 12.3. The van der Waals surface area contributed by atoms with E-state index in [1.807, 2.05) is 24.5 Å². The summed E-state index contributed by atoms with van der Waals surface area (Å²) in [7, 11) is 0. The van der Waals surface area contributed by atoms with Crippen LogP contribution < -0.4 is 0 Å². The first-order valence-electron chi connectivity index (χ1n) is 13.2. The van der Waals surface area contributed by atoms with Crippen LogP contribution >= 0.6 is 0 Å². The molecule has 2 heteroatoms. The van der Waals surface area contributed by atoms with E-state index < -0.39 is 0 Å². The number of aromatic nitrogens is 1. The third-order valence-electron chi connectivity index (χ3n) is 7.28. The van der Waals surface area contributed by atoms with Crippen LogP contribution in [-0.2, 0) is 19.3 Å². The topological polar surface area (TPSA) is 26.0 Å². The van der Waals surface area contributed by atoms with Gasteiger partial charge in [0.2, 0.25) is 0 Å². The molecule has 0 spiro atoms. The van der Waals surface area contributed by atoms with Crippen molar-refractivity contribution in [3.8, 4) is 22.3 Å². The summed E-state index contributed by atoms with van der Waals surface area (Å²) >= 11 is 0. The Hall–Kier alpha value is -4.17. The first-order valence-corrected chi connectivity index (χ1v) is 13.2. The van der Waals surface area contributed by atoms with Crippen LogP contribution in [-0.4, -0.2) is 4.98 Å². The van der Waals surface area contributed by atoms with E-state index in [4.69, 9.17) is 4.42 Å². The molecule has 0 aliphatic carbocycles. The molecule has 2 aromatic heterocycles. The Morgan fingerprint density at radius 3 is 2.00 bits per heavy atom. The van der Waals surface area contributed by atoms with E-state index in [2.05, 4.69) is 104 Å². The number of aryl methyl sites for hydroxylation is 1. The number of pyridine rings is 1. The summed E-state index contributed by atoms with van der Waals surface area (Å²) in [5.41, 5.74) is 10.7. The third-order valence-corrected chi connectivity index (χ3v) is 7.28. The lowest BCUT2D eigenvalue weighted by atomic mass is 9.92. The molecule has 4 aromatic carbocycles. The number of fused-ring (bicyclic) bond motifs is 3. The summed E-state index contributed by atoms with van der Waals surface area (Å²) in [6, 6.07) is 34.9. The van der Waals surface area contributed by atoms with Crippen molar-refractivity contribution in [2.75, 3.05) is 0 Å². The van der Waals surface area contributed by atoms with Gasteiger partial charge in [-0.05, 0) is 77.3 Å². The van der Waals surface area contributed by atoms with Gasteiger partial charge < -0.3 is 4.42 Å². The average Bonchev–Trinajstić information content (AvgIpc) is 3.31. The highest BCUT2D eigenvalue weighted by Gasteiger charge is 2.11.